The first-order valence-electron chi connectivity index (χ1n) is 14.7. The van der Waals surface area contributed by atoms with Gasteiger partial charge in [-0.3, -0.25) is 4.40 Å². The number of hydrogen-bond donors (Lipinski definition) is 0. The van der Waals surface area contributed by atoms with E-state index in [0.29, 0.717) is 23.0 Å². The Morgan fingerprint density at radius 2 is 1.11 bits per heavy atom. The van der Waals surface area contributed by atoms with E-state index in [1.165, 1.54) is 0 Å². The Morgan fingerprint density at radius 1 is 0.511 bits per heavy atom. The van der Waals surface area contributed by atoms with Gasteiger partial charge in [-0.1, -0.05) is 60.7 Å². The Balaban J connectivity index is 1.50. The second kappa shape index (κ2) is 11.7. The van der Waals surface area contributed by atoms with Gasteiger partial charge in [0.05, 0.1) is 34.1 Å². The summed E-state index contributed by atoms with van der Waals surface area (Å²) in [7, 11) is 6.64. The molecule has 0 N–H and O–H groups in total. The molecule has 6 heteroatoms. The van der Waals surface area contributed by atoms with Crippen LogP contribution < -0.4 is 18.9 Å². The number of aromatic nitrogens is 2. The van der Waals surface area contributed by atoms with Crippen molar-refractivity contribution in [2.75, 3.05) is 28.4 Å². The fourth-order valence-corrected chi connectivity index (χ4v) is 6.05. The van der Waals surface area contributed by atoms with Crippen LogP contribution in [0.15, 0.2) is 122 Å². The molecule has 0 aliphatic carbocycles. The maximum absolute atomic E-state index is 6.03. The van der Waals surface area contributed by atoms with E-state index < -0.39 is 0 Å². The molecule has 0 saturated heterocycles. The van der Waals surface area contributed by atoms with Gasteiger partial charge in [-0.15, -0.1) is 0 Å². The van der Waals surface area contributed by atoms with Crippen molar-refractivity contribution < 1.29 is 18.9 Å². The van der Waals surface area contributed by atoms with Gasteiger partial charge >= 0.3 is 0 Å². The van der Waals surface area contributed by atoms with E-state index in [9.17, 15) is 0 Å². The van der Waals surface area contributed by atoms with Gasteiger partial charge in [0.25, 0.3) is 0 Å². The lowest BCUT2D eigenvalue weighted by atomic mass is 9.91. The van der Waals surface area contributed by atoms with Gasteiger partial charge in [0.15, 0.2) is 23.0 Å². The summed E-state index contributed by atoms with van der Waals surface area (Å²) in [5.74, 6) is 2.62. The van der Waals surface area contributed by atoms with Gasteiger partial charge in [0, 0.05) is 28.9 Å². The molecule has 0 aliphatic rings. The van der Waals surface area contributed by atoms with Crippen LogP contribution in [0.3, 0.4) is 0 Å². The molecule has 5 aromatic carbocycles. The molecule has 0 bridgehead atoms. The molecule has 0 saturated carbocycles. The second-order valence-electron chi connectivity index (χ2n) is 10.7. The number of rotatable bonds is 8. The molecule has 7 rings (SSSR count). The number of ether oxygens (including phenoxy) is 4. The normalized spacial score (nSPS) is 11.1. The Morgan fingerprint density at radius 3 is 1.71 bits per heavy atom. The average molecular weight is 593 g/mol. The van der Waals surface area contributed by atoms with Crippen LogP contribution in [-0.2, 0) is 0 Å². The maximum Gasteiger partial charge on any atom is 0.168 e. The van der Waals surface area contributed by atoms with Crippen LogP contribution in [-0.4, -0.2) is 37.8 Å². The minimum atomic E-state index is 0.636. The maximum atomic E-state index is 6.03. The highest BCUT2D eigenvalue weighted by Gasteiger charge is 2.20. The van der Waals surface area contributed by atoms with E-state index in [2.05, 4.69) is 83.3 Å². The van der Waals surface area contributed by atoms with Crippen molar-refractivity contribution in [3.8, 4) is 67.6 Å². The van der Waals surface area contributed by atoms with Crippen LogP contribution in [0, 0.1) is 0 Å². The first-order chi connectivity index (χ1) is 22.1. The summed E-state index contributed by atoms with van der Waals surface area (Å²) >= 11 is 0. The van der Waals surface area contributed by atoms with Gasteiger partial charge in [0.2, 0.25) is 0 Å². The van der Waals surface area contributed by atoms with Crippen molar-refractivity contribution in [1.82, 2.24) is 9.38 Å². The summed E-state index contributed by atoms with van der Waals surface area (Å²) in [4.78, 5) is 4.72. The van der Waals surface area contributed by atoms with Gasteiger partial charge in [-0.05, 0) is 81.7 Å². The van der Waals surface area contributed by atoms with E-state index in [1.54, 1.807) is 28.4 Å². The predicted octanol–water partition coefficient (Wildman–Crippen LogP) is 9.19. The standard InChI is InChI=1S/C39H32N2O4/c1-42-35-22-30-21-34(41-16-15-40-39(41)33(30)24-36(35)43-2)31-20-32(38(45-4)37(23-31)44-3)29-18-27(25-11-7-5-8-12-25)17-28(19-29)26-13-9-6-10-14-26/h5-24H,1-4H3. The van der Waals surface area contributed by atoms with Crippen molar-refractivity contribution in [3.05, 3.63) is 122 Å². The summed E-state index contributed by atoms with van der Waals surface area (Å²) in [5.41, 5.74) is 9.15. The Labute approximate surface area is 262 Å². The second-order valence-corrected chi connectivity index (χ2v) is 10.7. The average Bonchev–Trinajstić information content (AvgIpc) is 3.61. The number of fused-ring (bicyclic) bond motifs is 3. The third-order valence-electron chi connectivity index (χ3n) is 8.22. The molecule has 0 unspecified atom stereocenters. The monoisotopic (exact) mass is 592 g/mol. The zero-order chi connectivity index (χ0) is 30.9. The largest absolute Gasteiger partial charge is 0.493 e. The van der Waals surface area contributed by atoms with Crippen LogP contribution >= 0.6 is 0 Å². The Bertz CT molecular complexity index is 2100. The van der Waals surface area contributed by atoms with Crippen molar-refractivity contribution in [3.63, 3.8) is 0 Å². The molecule has 0 aliphatic heterocycles. The highest BCUT2D eigenvalue weighted by atomic mass is 16.5. The van der Waals surface area contributed by atoms with E-state index in [0.717, 1.165) is 61.1 Å². The van der Waals surface area contributed by atoms with Crippen molar-refractivity contribution in [1.29, 1.82) is 0 Å². The lowest BCUT2D eigenvalue weighted by Crippen LogP contribution is -1.99. The molecule has 0 fully saturated rings. The zero-order valence-electron chi connectivity index (χ0n) is 25.6. The number of pyridine rings is 1. The minimum Gasteiger partial charge on any atom is -0.493 e. The van der Waals surface area contributed by atoms with E-state index in [-0.39, 0.29) is 0 Å². The highest BCUT2D eigenvalue weighted by Crippen LogP contribution is 2.45. The van der Waals surface area contributed by atoms with Crippen LogP contribution in [0.1, 0.15) is 0 Å². The number of methoxy groups -OCH3 is 4. The van der Waals surface area contributed by atoms with Gasteiger partial charge in [-0.25, -0.2) is 4.98 Å². The molecular formula is C39H32N2O4. The van der Waals surface area contributed by atoms with E-state index in [4.69, 9.17) is 23.9 Å². The molecule has 0 spiro atoms. The van der Waals surface area contributed by atoms with Crippen LogP contribution in [0.4, 0.5) is 0 Å². The SMILES string of the molecule is COc1cc2cc(-c3cc(OC)c(OC)c(-c4cc(-c5ccccc5)cc(-c5ccccc5)c4)c3)n3ccnc3c2cc1OC. The predicted molar refractivity (Wildman–Crippen MR) is 181 cm³/mol. The molecule has 222 valence electrons. The topological polar surface area (TPSA) is 54.2 Å². The van der Waals surface area contributed by atoms with Crippen molar-refractivity contribution in [2.24, 2.45) is 0 Å². The smallest absolute Gasteiger partial charge is 0.168 e. The minimum absolute atomic E-state index is 0.636. The summed E-state index contributed by atoms with van der Waals surface area (Å²) in [6.45, 7) is 0. The zero-order valence-corrected chi connectivity index (χ0v) is 25.6. The van der Waals surface area contributed by atoms with E-state index in [1.807, 2.05) is 42.7 Å². The van der Waals surface area contributed by atoms with Crippen LogP contribution in [0.5, 0.6) is 23.0 Å². The number of benzene rings is 5. The molecule has 0 atom stereocenters. The molecule has 2 aromatic heterocycles. The van der Waals surface area contributed by atoms with E-state index >= 15 is 0 Å². The molecule has 2 heterocycles. The number of nitrogens with zero attached hydrogens (tertiary/aromatic N) is 2. The van der Waals surface area contributed by atoms with Crippen LogP contribution in [0.2, 0.25) is 0 Å². The van der Waals surface area contributed by atoms with Crippen molar-refractivity contribution >= 4 is 16.4 Å². The fourth-order valence-electron chi connectivity index (χ4n) is 6.05. The first kappa shape index (κ1) is 28.0. The summed E-state index contributed by atoms with van der Waals surface area (Å²) < 4.78 is 25.3. The number of hydrogen-bond acceptors (Lipinski definition) is 5. The number of imidazole rings is 1. The summed E-state index contributed by atoms with van der Waals surface area (Å²) in [6, 6.07) is 37.8. The van der Waals surface area contributed by atoms with Crippen molar-refractivity contribution in [2.45, 2.75) is 0 Å². The highest BCUT2D eigenvalue weighted by molar-refractivity contribution is 5.99. The summed E-state index contributed by atoms with van der Waals surface area (Å²) in [5, 5.41) is 1.94. The third kappa shape index (κ3) is 5.00. The Hall–Kier alpha value is -5.75. The third-order valence-corrected chi connectivity index (χ3v) is 8.22. The van der Waals surface area contributed by atoms with Gasteiger partial charge in [0.1, 0.15) is 5.65 Å². The molecule has 0 radical (unpaired) electrons. The summed E-state index contributed by atoms with van der Waals surface area (Å²) in [6.07, 6.45) is 3.78. The Kier molecular flexibility index (Phi) is 7.31. The lowest BCUT2D eigenvalue weighted by Gasteiger charge is -2.19. The van der Waals surface area contributed by atoms with Gasteiger partial charge in [-0.2, -0.15) is 0 Å². The molecule has 45 heavy (non-hydrogen) atoms. The molecular weight excluding hydrogens is 560 g/mol. The lowest BCUT2D eigenvalue weighted by molar-refractivity contribution is 0.356. The van der Waals surface area contributed by atoms with Crippen LogP contribution in [0.25, 0.3) is 61.1 Å². The van der Waals surface area contributed by atoms with Gasteiger partial charge < -0.3 is 18.9 Å². The molecule has 0 amide bonds. The molecule has 7 aromatic rings. The quantitative estimate of drug-likeness (QED) is 0.176. The molecule has 6 nitrogen and oxygen atoms in total. The fraction of sp³-hybridized carbons (Fsp3) is 0.103. The first-order valence-corrected chi connectivity index (χ1v) is 14.7.